The van der Waals surface area contributed by atoms with Crippen LogP contribution in [-0.2, 0) is 0 Å². The molecule has 10 heteroatoms. The van der Waals surface area contributed by atoms with E-state index < -0.39 is 0 Å². The van der Waals surface area contributed by atoms with E-state index in [4.69, 9.17) is 4.98 Å². The summed E-state index contributed by atoms with van der Waals surface area (Å²) in [6, 6.07) is 1.86. The van der Waals surface area contributed by atoms with Gasteiger partial charge in [-0.15, -0.1) is 15.3 Å². The number of fused-ring (bicyclic) bond motifs is 1. The maximum absolute atomic E-state index is 4.71. The standard InChI is InChI=1S/C15H19N9S/c1-10-12(19-20-14-18-15(25-3)21-24(10)14)11-4-5-16-13(17-11)23-8-6-22(2)7-9-23/h4-5H,6-9H2,1-3H3. The van der Waals surface area contributed by atoms with Crippen molar-refractivity contribution in [2.45, 2.75) is 12.1 Å². The lowest BCUT2D eigenvalue weighted by Gasteiger charge is -2.32. The van der Waals surface area contributed by atoms with Gasteiger partial charge in [0.1, 0.15) is 5.69 Å². The van der Waals surface area contributed by atoms with E-state index in [1.165, 1.54) is 11.8 Å². The summed E-state index contributed by atoms with van der Waals surface area (Å²) in [5, 5.41) is 13.6. The fourth-order valence-electron chi connectivity index (χ4n) is 2.80. The molecule has 0 unspecified atom stereocenters. The van der Waals surface area contributed by atoms with Crippen molar-refractivity contribution in [3.8, 4) is 11.4 Å². The first-order valence-corrected chi connectivity index (χ1v) is 9.29. The third-order valence-electron chi connectivity index (χ3n) is 4.32. The van der Waals surface area contributed by atoms with Gasteiger partial charge in [-0.05, 0) is 26.3 Å². The van der Waals surface area contributed by atoms with E-state index >= 15 is 0 Å². The van der Waals surface area contributed by atoms with E-state index in [9.17, 15) is 0 Å². The zero-order chi connectivity index (χ0) is 17.4. The molecule has 0 amide bonds. The summed E-state index contributed by atoms with van der Waals surface area (Å²) < 4.78 is 1.71. The molecule has 4 heterocycles. The Balaban J connectivity index is 1.71. The number of nitrogens with zero attached hydrogens (tertiary/aromatic N) is 9. The number of hydrogen-bond donors (Lipinski definition) is 0. The molecule has 9 nitrogen and oxygen atoms in total. The summed E-state index contributed by atoms with van der Waals surface area (Å²) in [4.78, 5) is 18.0. The Bertz CT molecular complexity index is 901. The highest BCUT2D eigenvalue weighted by Crippen LogP contribution is 2.21. The predicted octanol–water partition coefficient (Wildman–Crippen LogP) is 0.758. The Labute approximate surface area is 149 Å². The first-order valence-electron chi connectivity index (χ1n) is 8.06. The summed E-state index contributed by atoms with van der Waals surface area (Å²) in [6.45, 7) is 5.81. The first kappa shape index (κ1) is 16.2. The third-order valence-corrected chi connectivity index (χ3v) is 4.86. The molecule has 3 aromatic heterocycles. The molecule has 25 heavy (non-hydrogen) atoms. The Morgan fingerprint density at radius 3 is 2.64 bits per heavy atom. The van der Waals surface area contributed by atoms with Gasteiger partial charge < -0.3 is 9.80 Å². The SMILES string of the molecule is CSc1nc2nnc(-c3ccnc(N4CCN(C)CC4)n3)c(C)n2n1. The molecule has 3 aromatic rings. The largest absolute Gasteiger partial charge is 0.338 e. The van der Waals surface area contributed by atoms with Crippen LogP contribution in [0.15, 0.2) is 17.4 Å². The lowest BCUT2D eigenvalue weighted by atomic mass is 10.2. The molecule has 0 atom stereocenters. The summed E-state index contributed by atoms with van der Waals surface area (Å²) >= 11 is 1.48. The number of piperazine rings is 1. The van der Waals surface area contributed by atoms with E-state index in [0.717, 1.165) is 43.5 Å². The van der Waals surface area contributed by atoms with Crippen molar-refractivity contribution in [1.82, 2.24) is 39.7 Å². The minimum absolute atomic E-state index is 0.499. The summed E-state index contributed by atoms with van der Waals surface area (Å²) in [6.07, 6.45) is 3.71. The minimum atomic E-state index is 0.499. The Hall–Kier alpha value is -2.33. The van der Waals surface area contributed by atoms with Gasteiger partial charge in [0.05, 0.1) is 11.4 Å². The number of aryl methyl sites for hydroxylation is 1. The highest BCUT2D eigenvalue weighted by atomic mass is 32.2. The molecule has 1 saturated heterocycles. The van der Waals surface area contributed by atoms with E-state index in [2.05, 4.69) is 42.1 Å². The minimum Gasteiger partial charge on any atom is -0.338 e. The fourth-order valence-corrected chi connectivity index (χ4v) is 3.14. The first-order chi connectivity index (χ1) is 12.2. The van der Waals surface area contributed by atoms with Gasteiger partial charge in [-0.2, -0.15) is 9.50 Å². The van der Waals surface area contributed by atoms with Crippen LogP contribution in [-0.4, -0.2) is 79.1 Å². The van der Waals surface area contributed by atoms with Gasteiger partial charge in [-0.3, -0.25) is 0 Å². The van der Waals surface area contributed by atoms with Gasteiger partial charge in [-0.1, -0.05) is 11.8 Å². The molecule has 1 aliphatic rings. The molecular weight excluding hydrogens is 338 g/mol. The number of anilines is 1. The fraction of sp³-hybridized carbons (Fsp3) is 0.467. The van der Waals surface area contributed by atoms with Crippen LogP contribution in [0.25, 0.3) is 17.2 Å². The normalized spacial score (nSPS) is 15.9. The van der Waals surface area contributed by atoms with Crippen LogP contribution < -0.4 is 4.90 Å². The van der Waals surface area contributed by atoms with Crippen molar-refractivity contribution in [3.05, 3.63) is 18.0 Å². The van der Waals surface area contributed by atoms with E-state index in [-0.39, 0.29) is 0 Å². The van der Waals surface area contributed by atoms with E-state index in [0.29, 0.717) is 16.6 Å². The quantitative estimate of drug-likeness (QED) is 0.630. The van der Waals surface area contributed by atoms with Crippen molar-refractivity contribution in [2.24, 2.45) is 0 Å². The van der Waals surface area contributed by atoms with Crippen LogP contribution in [0.4, 0.5) is 5.95 Å². The molecular formula is C15H19N9S. The van der Waals surface area contributed by atoms with Crippen LogP contribution >= 0.6 is 11.8 Å². The van der Waals surface area contributed by atoms with Gasteiger partial charge in [0.15, 0.2) is 0 Å². The summed E-state index contributed by atoms with van der Waals surface area (Å²) in [5.41, 5.74) is 2.31. The van der Waals surface area contributed by atoms with E-state index in [1.54, 1.807) is 10.7 Å². The van der Waals surface area contributed by atoms with Gasteiger partial charge in [0.2, 0.25) is 11.1 Å². The maximum atomic E-state index is 4.71. The molecule has 4 rings (SSSR count). The van der Waals surface area contributed by atoms with Crippen LogP contribution in [0.1, 0.15) is 5.69 Å². The third kappa shape index (κ3) is 3.02. The summed E-state index contributed by atoms with van der Waals surface area (Å²) in [5.74, 6) is 1.23. The van der Waals surface area contributed by atoms with Crippen molar-refractivity contribution < 1.29 is 0 Å². The molecule has 130 valence electrons. The maximum Gasteiger partial charge on any atom is 0.272 e. The molecule has 0 N–H and O–H groups in total. The second-order valence-corrected chi connectivity index (χ2v) is 6.75. The van der Waals surface area contributed by atoms with Crippen molar-refractivity contribution in [1.29, 1.82) is 0 Å². The number of hydrogen-bond acceptors (Lipinski definition) is 9. The Morgan fingerprint density at radius 1 is 1.08 bits per heavy atom. The molecule has 1 fully saturated rings. The predicted molar refractivity (Wildman–Crippen MR) is 95.8 cm³/mol. The smallest absolute Gasteiger partial charge is 0.272 e. The molecule has 0 bridgehead atoms. The molecule has 0 radical (unpaired) electrons. The second kappa shape index (κ2) is 6.52. The second-order valence-electron chi connectivity index (χ2n) is 5.98. The van der Waals surface area contributed by atoms with Gasteiger partial charge >= 0.3 is 0 Å². The van der Waals surface area contributed by atoms with Crippen LogP contribution in [0.2, 0.25) is 0 Å². The number of thioether (sulfide) groups is 1. The molecule has 0 saturated carbocycles. The molecule has 0 aromatic carbocycles. The monoisotopic (exact) mass is 357 g/mol. The zero-order valence-corrected chi connectivity index (χ0v) is 15.2. The van der Waals surface area contributed by atoms with E-state index in [1.807, 2.05) is 19.2 Å². The number of likely N-dealkylation sites (N-methyl/N-ethyl adjacent to an activating group) is 1. The molecule has 1 aliphatic heterocycles. The Kier molecular flexibility index (Phi) is 4.22. The Morgan fingerprint density at radius 2 is 1.88 bits per heavy atom. The average Bonchev–Trinajstić information content (AvgIpc) is 3.07. The highest BCUT2D eigenvalue weighted by Gasteiger charge is 2.19. The van der Waals surface area contributed by atoms with Gasteiger partial charge in [-0.25, -0.2) is 9.97 Å². The van der Waals surface area contributed by atoms with Gasteiger partial charge in [0, 0.05) is 32.4 Å². The summed E-state index contributed by atoms with van der Waals surface area (Å²) in [7, 11) is 2.13. The van der Waals surface area contributed by atoms with Crippen LogP contribution in [0.5, 0.6) is 0 Å². The number of rotatable bonds is 3. The molecule has 0 spiro atoms. The van der Waals surface area contributed by atoms with Crippen molar-refractivity contribution >= 4 is 23.5 Å². The zero-order valence-electron chi connectivity index (χ0n) is 14.4. The lowest BCUT2D eigenvalue weighted by Crippen LogP contribution is -2.45. The van der Waals surface area contributed by atoms with Gasteiger partial charge in [0.25, 0.3) is 5.78 Å². The van der Waals surface area contributed by atoms with Crippen molar-refractivity contribution in [3.63, 3.8) is 0 Å². The molecule has 0 aliphatic carbocycles. The van der Waals surface area contributed by atoms with Crippen LogP contribution in [0, 0.1) is 6.92 Å². The van der Waals surface area contributed by atoms with Crippen molar-refractivity contribution in [2.75, 3.05) is 44.4 Å². The lowest BCUT2D eigenvalue weighted by molar-refractivity contribution is 0.311. The number of aromatic nitrogens is 7. The highest BCUT2D eigenvalue weighted by molar-refractivity contribution is 7.98. The average molecular weight is 357 g/mol. The topological polar surface area (TPSA) is 88.2 Å². The van der Waals surface area contributed by atoms with Crippen LogP contribution in [0.3, 0.4) is 0 Å².